The number of quaternary nitrogens is 1. The molecule has 0 atom stereocenters. The summed E-state index contributed by atoms with van der Waals surface area (Å²) in [6, 6.07) is 7.19. The lowest BCUT2D eigenvalue weighted by Crippen LogP contribution is -2.38. The molecule has 0 aliphatic carbocycles. The molecule has 0 aromatic heterocycles. The van der Waals surface area contributed by atoms with Crippen molar-refractivity contribution in [2.45, 2.75) is 11.8 Å². The van der Waals surface area contributed by atoms with E-state index in [9.17, 15) is 17.8 Å². The fraction of sp³-hybridized carbons (Fsp3) is 0.400. The molecular weight excluding hydrogens is 306 g/mol. The Bertz CT molecular complexity index is 588. The number of carbonyl (C=O) groups is 1. The summed E-state index contributed by atoms with van der Waals surface area (Å²) >= 11 is 0. The quantitative estimate of drug-likeness (QED) is 0.353. The van der Waals surface area contributed by atoms with Gasteiger partial charge in [0.1, 0.15) is 23.3 Å². The van der Waals surface area contributed by atoms with E-state index in [0.717, 1.165) is 11.0 Å². The molecule has 0 bridgehead atoms. The summed E-state index contributed by atoms with van der Waals surface area (Å²) in [6.45, 7) is 6.41. The average Bonchev–Trinajstić information content (AvgIpc) is 2.38. The maximum Gasteiger partial charge on any atom is 0.333 e. The lowest BCUT2D eigenvalue weighted by molar-refractivity contribution is -0.870. The molecular formula is C15H23NO5S. The van der Waals surface area contributed by atoms with Gasteiger partial charge in [-0.05, 0) is 19.1 Å². The van der Waals surface area contributed by atoms with E-state index in [1.807, 2.05) is 0 Å². The van der Waals surface area contributed by atoms with Crippen LogP contribution in [0.15, 0.2) is 47.4 Å². The highest BCUT2D eigenvalue weighted by atomic mass is 32.2. The predicted octanol–water partition coefficient (Wildman–Crippen LogP) is 1.40. The second-order valence-electron chi connectivity index (χ2n) is 5.70. The molecule has 0 unspecified atom stereocenters. The van der Waals surface area contributed by atoms with Crippen LogP contribution in [0.3, 0.4) is 0 Å². The maximum atomic E-state index is 10.9. The first-order valence-corrected chi connectivity index (χ1v) is 7.98. The molecule has 0 aliphatic rings. The molecule has 0 spiro atoms. The van der Waals surface area contributed by atoms with Crippen LogP contribution in [0.5, 0.6) is 0 Å². The van der Waals surface area contributed by atoms with E-state index in [-0.39, 0.29) is 10.9 Å². The third-order valence-corrected chi connectivity index (χ3v) is 3.23. The van der Waals surface area contributed by atoms with Crippen molar-refractivity contribution in [3.05, 3.63) is 42.5 Å². The van der Waals surface area contributed by atoms with Crippen molar-refractivity contribution in [3.8, 4) is 0 Å². The number of rotatable bonds is 5. The van der Waals surface area contributed by atoms with Crippen molar-refractivity contribution < 1.29 is 27.0 Å². The minimum Gasteiger partial charge on any atom is -0.744 e. The fourth-order valence-corrected chi connectivity index (χ4v) is 1.61. The number of likely N-dealkylation sites (N-methyl/N-ethyl adjacent to an activating group) is 1. The van der Waals surface area contributed by atoms with Crippen molar-refractivity contribution >= 4 is 16.1 Å². The number of ether oxygens (including phenoxy) is 1. The third kappa shape index (κ3) is 10.1. The summed E-state index contributed by atoms with van der Waals surface area (Å²) in [5.74, 6) is -0.302. The molecule has 0 aliphatic heterocycles. The zero-order chi connectivity index (χ0) is 17.4. The Morgan fingerprint density at radius 3 is 2.05 bits per heavy atom. The topological polar surface area (TPSA) is 83.5 Å². The molecule has 1 aromatic carbocycles. The van der Waals surface area contributed by atoms with Gasteiger partial charge in [0, 0.05) is 5.57 Å². The van der Waals surface area contributed by atoms with Gasteiger partial charge in [-0.25, -0.2) is 13.2 Å². The van der Waals surface area contributed by atoms with E-state index in [4.69, 9.17) is 4.74 Å². The molecule has 0 saturated heterocycles. The van der Waals surface area contributed by atoms with Crippen LogP contribution >= 0.6 is 0 Å². The fourth-order valence-electron chi connectivity index (χ4n) is 1.12. The van der Waals surface area contributed by atoms with Gasteiger partial charge in [0.05, 0.1) is 26.0 Å². The van der Waals surface area contributed by atoms with Crippen LogP contribution in [0.25, 0.3) is 0 Å². The van der Waals surface area contributed by atoms with Crippen LogP contribution in [0, 0.1) is 0 Å². The summed E-state index contributed by atoms with van der Waals surface area (Å²) in [6.07, 6.45) is 0. The van der Waals surface area contributed by atoms with E-state index < -0.39 is 10.1 Å². The second-order valence-corrected chi connectivity index (χ2v) is 7.08. The van der Waals surface area contributed by atoms with Crippen LogP contribution < -0.4 is 0 Å². The molecule has 0 heterocycles. The molecule has 6 nitrogen and oxygen atoms in total. The zero-order valence-corrected chi connectivity index (χ0v) is 14.2. The van der Waals surface area contributed by atoms with Crippen molar-refractivity contribution in [2.75, 3.05) is 34.3 Å². The zero-order valence-electron chi connectivity index (χ0n) is 13.4. The van der Waals surface area contributed by atoms with Crippen molar-refractivity contribution in [3.63, 3.8) is 0 Å². The van der Waals surface area contributed by atoms with Gasteiger partial charge in [0.2, 0.25) is 0 Å². The number of carbonyl (C=O) groups excluding carboxylic acids is 1. The summed E-state index contributed by atoms with van der Waals surface area (Å²) in [5, 5.41) is 0. The van der Waals surface area contributed by atoms with Crippen molar-refractivity contribution in [1.29, 1.82) is 0 Å². The van der Waals surface area contributed by atoms with Crippen LogP contribution in [0.2, 0.25) is 0 Å². The molecule has 1 aromatic rings. The van der Waals surface area contributed by atoms with Gasteiger partial charge in [-0.3, -0.25) is 0 Å². The standard InChI is InChI=1S/C9H18NO2.C6H6O3S/c1-8(2)9(11)12-7-6-10(3,4)5;7-10(8,9)6-4-2-1-3-5-6/h1,6-7H2,2-5H3;1-5H,(H,7,8,9)/q+1;/p-1. The van der Waals surface area contributed by atoms with Crippen LogP contribution in [-0.2, 0) is 19.6 Å². The SMILES string of the molecule is C=C(C)C(=O)OCC[N+](C)(C)C.O=S(=O)([O-])c1ccccc1. The summed E-state index contributed by atoms with van der Waals surface area (Å²) in [4.78, 5) is 10.7. The highest BCUT2D eigenvalue weighted by molar-refractivity contribution is 7.85. The Hall–Kier alpha value is -1.70. The van der Waals surface area contributed by atoms with E-state index in [0.29, 0.717) is 12.2 Å². The van der Waals surface area contributed by atoms with Gasteiger partial charge < -0.3 is 13.8 Å². The minimum atomic E-state index is -4.25. The largest absolute Gasteiger partial charge is 0.744 e. The van der Waals surface area contributed by atoms with Crippen LogP contribution in [0.1, 0.15) is 6.92 Å². The summed E-state index contributed by atoms with van der Waals surface area (Å²) < 4.78 is 36.6. The van der Waals surface area contributed by atoms with Crippen LogP contribution in [-0.4, -0.2) is 57.7 Å². The van der Waals surface area contributed by atoms with Gasteiger partial charge in [-0.15, -0.1) is 0 Å². The highest BCUT2D eigenvalue weighted by Crippen LogP contribution is 2.05. The Labute approximate surface area is 132 Å². The van der Waals surface area contributed by atoms with E-state index in [1.54, 1.807) is 13.0 Å². The first-order chi connectivity index (χ1) is 9.93. The second kappa shape index (κ2) is 8.67. The van der Waals surface area contributed by atoms with Gasteiger partial charge >= 0.3 is 5.97 Å². The Morgan fingerprint density at radius 2 is 1.73 bits per heavy atom. The predicted molar refractivity (Wildman–Crippen MR) is 83.1 cm³/mol. The van der Waals surface area contributed by atoms with E-state index >= 15 is 0 Å². The van der Waals surface area contributed by atoms with Gasteiger partial charge in [-0.2, -0.15) is 0 Å². The third-order valence-electron chi connectivity index (χ3n) is 2.38. The number of hydrogen-bond acceptors (Lipinski definition) is 5. The van der Waals surface area contributed by atoms with Gasteiger partial charge in [0.25, 0.3) is 0 Å². The number of benzene rings is 1. The van der Waals surface area contributed by atoms with Gasteiger partial charge in [-0.1, -0.05) is 24.8 Å². The maximum absolute atomic E-state index is 10.9. The smallest absolute Gasteiger partial charge is 0.333 e. The number of esters is 1. The molecule has 0 fully saturated rings. The Balaban J connectivity index is 0.000000406. The Morgan fingerprint density at radius 1 is 1.23 bits per heavy atom. The normalized spacial score (nSPS) is 11.1. The molecule has 124 valence electrons. The molecule has 22 heavy (non-hydrogen) atoms. The number of hydrogen-bond donors (Lipinski definition) is 0. The Kier molecular flexibility index (Phi) is 8.00. The summed E-state index contributed by atoms with van der Waals surface area (Å²) in [5.41, 5.74) is 0.455. The first-order valence-electron chi connectivity index (χ1n) is 6.57. The first kappa shape index (κ1) is 20.3. The molecule has 0 radical (unpaired) electrons. The summed E-state index contributed by atoms with van der Waals surface area (Å²) in [7, 11) is 1.90. The molecule has 0 saturated carbocycles. The lowest BCUT2D eigenvalue weighted by atomic mass is 10.4. The highest BCUT2D eigenvalue weighted by Gasteiger charge is 2.09. The van der Waals surface area contributed by atoms with Crippen molar-refractivity contribution in [1.82, 2.24) is 0 Å². The van der Waals surface area contributed by atoms with Crippen molar-refractivity contribution in [2.24, 2.45) is 0 Å². The molecule has 0 N–H and O–H groups in total. The monoisotopic (exact) mass is 329 g/mol. The number of nitrogens with zero attached hydrogens (tertiary/aromatic N) is 1. The minimum absolute atomic E-state index is 0.185. The van der Waals surface area contributed by atoms with E-state index in [2.05, 4.69) is 27.7 Å². The molecule has 1 rings (SSSR count). The molecule has 7 heteroatoms. The average molecular weight is 329 g/mol. The lowest BCUT2D eigenvalue weighted by Gasteiger charge is -2.23. The van der Waals surface area contributed by atoms with E-state index in [1.165, 1.54) is 24.3 Å². The van der Waals surface area contributed by atoms with Gasteiger partial charge in [0.15, 0.2) is 0 Å². The van der Waals surface area contributed by atoms with Crippen LogP contribution in [0.4, 0.5) is 0 Å². The molecule has 0 amide bonds.